The molecule has 1 aliphatic carbocycles. The molecule has 11 heteroatoms. The molecule has 0 radical (unpaired) electrons. The van der Waals surface area contributed by atoms with Crippen LogP contribution in [0.3, 0.4) is 0 Å². The van der Waals surface area contributed by atoms with Crippen molar-refractivity contribution in [3.8, 4) is 0 Å². The number of piperidine rings is 1. The molecule has 2 aliphatic rings. The number of anilines is 1. The van der Waals surface area contributed by atoms with Gasteiger partial charge in [0, 0.05) is 12.5 Å². The van der Waals surface area contributed by atoms with Gasteiger partial charge in [0.1, 0.15) is 12.1 Å². The Morgan fingerprint density at radius 2 is 1.93 bits per heavy atom. The number of aromatic nitrogens is 2. The topological polar surface area (TPSA) is 109 Å². The van der Waals surface area contributed by atoms with Gasteiger partial charge in [0.15, 0.2) is 0 Å². The highest BCUT2D eigenvalue weighted by atomic mass is 19.4. The first kappa shape index (κ1) is 20.4. The molecule has 3 rings (SSSR count). The van der Waals surface area contributed by atoms with Crippen molar-refractivity contribution < 1.29 is 32.4 Å². The van der Waals surface area contributed by atoms with Gasteiger partial charge < -0.3 is 19.8 Å². The van der Waals surface area contributed by atoms with Gasteiger partial charge in [-0.05, 0) is 21.9 Å². The van der Waals surface area contributed by atoms with Crippen LogP contribution in [0, 0.1) is 22.7 Å². The maximum absolute atomic E-state index is 13.2. The fourth-order valence-electron chi connectivity index (χ4n) is 4.13. The number of alkyl halides is 3. The van der Waals surface area contributed by atoms with Gasteiger partial charge in [-0.2, -0.15) is 18.2 Å². The standard InChI is InChI=1S/C17H23F3N4O4/c1-15(2,3)10(21-14-22-13(23-28-14)17(18,19)20)11(25)24-6-7-8(16(7,4)5)9(24)12(26)27/h7-10H,6H2,1-5H3,(H,26,27)(H,21,22,23)/t7-,8-,9-,10+/m0/s1. The molecule has 1 saturated carbocycles. The zero-order valence-corrected chi connectivity index (χ0v) is 16.2. The highest BCUT2D eigenvalue weighted by Crippen LogP contribution is 2.65. The van der Waals surface area contributed by atoms with Gasteiger partial charge in [-0.1, -0.05) is 34.6 Å². The molecule has 1 saturated heterocycles. The van der Waals surface area contributed by atoms with Crippen molar-refractivity contribution in [2.24, 2.45) is 22.7 Å². The number of aliphatic carboxylic acids is 1. The SMILES string of the molecule is CC(C)(C)[C@H](Nc1nc(C(F)(F)F)no1)C(=O)N1C[C@H]2[C@@H]([C@H]1C(=O)O)C2(C)C. The lowest BCUT2D eigenvalue weighted by Gasteiger charge is -2.36. The summed E-state index contributed by atoms with van der Waals surface area (Å²) in [5, 5.41) is 15.1. The highest BCUT2D eigenvalue weighted by molar-refractivity contribution is 5.90. The Hall–Kier alpha value is -2.33. The minimum atomic E-state index is -4.78. The number of likely N-dealkylation sites (tertiary alicyclic amines) is 1. The van der Waals surface area contributed by atoms with Gasteiger partial charge in [-0.3, -0.25) is 4.79 Å². The molecule has 2 N–H and O–H groups in total. The molecular weight excluding hydrogens is 381 g/mol. The Morgan fingerprint density at radius 1 is 1.32 bits per heavy atom. The minimum absolute atomic E-state index is 0.0819. The second kappa shape index (κ2) is 6.08. The predicted molar refractivity (Wildman–Crippen MR) is 90.1 cm³/mol. The molecule has 1 aliphatic heterocycles. The van der Waals surface area contributed by atoms with E-state index in [0.717, 1.165) is 0 Å². The second-order valence-electron chi connectivity index (χ2n) is 9.09. The zero-order chi connectivity index (χ0) is 21.2. The molecule has 0 aromatic carbocycles. The number of nitrogens with one attached hydrogen (secondary N) is 1. The molecule has 8 nitrogen and oxygen atoms in total. The third-order valence-corrected chi connectivity index (χ3v) is 5.80. The summed E-state index contributed by atoms with van der Waals surface area (Å²) in [4.78, 5) is 29.5. The number of rotatable bonds is 4. The molecule has 1 amide bonds. The van der Waals surface area contributed by atoms with Crippen molar-refractivity contribution in [3.63, 3.8) is 0 Å². The van der Waals surface area contributed by atoms with Crippen LogP contribution in [0.25, 0.3) is 0 Å². The van der Waals surface area contributed by atoms with E-state index in [0.29, 0.717) is 6.54 Å². The summed E-state index contributed by atoms with van der Waals surface area (Å²) < 4.78 is 42.6. The second-order valence-corrected chi connectivity index (χ2v) is 9.09. The lowest BCUT2D eigenvalue weighted by Crippen LogP contribution is -2.54. The van der Waals surface area contributed by atoms with Gasteiger partial charge in [0.2, 0.25) is 5.91 Å². The number of carboxylic acid groups (broad SMARTS) is 1. The zero-order valence-electron chi connectivity index (χ0n) is 16.2. The van der Waals surface area contributed by atoms with Crippen LogP contribution in [-0.2, 0) is 15.8 Å². The van der Waals surface area contributed by atoms with Crippen LogP contribution in [0.2, 0.25) is 0 Å². The Morgan fingerprint density at radius 3 is 2.39 bits per heavy atom. The summed E-state index contributed by atoms with van der Waals surface area (Å²) in [6.45, 7) is 9.35. The van der Waals surface area contributed by atoms with Crippen molar-refractivity contribution in [1.29, 1.82) is 0 Å². The average Bonchev–Trinajstić information content (AvgIpc) is 2.95. The maximum Gasteiger partial charge on any atom is 0.455 e. The summed E-state index contributed by atoms with van der Waals surface area (Å²) in [7, 11) is 0. The van der Waals surface area contributed by atoms with E-state index in [-0.39, 0.29) is 17.3 Å². The van der Waals surface area contributed by atoms with Gasteiger partial charge in [-0.25, -0.2) is 4.79 Å². The van der Waals surface area contributed by atoms with E-state index in [1.165, 1.54) is 4.90 Å². The van der Waals surface area contributed by atoms with Crippen molar-refractivity contribution in [2.75, 3.05) is 11.9 Å². The molecule has 2 fully saturated rings. The van der Waals surface area contributed by atoms with Crippen LogP contribution >= 0.6 is 0 Å². The lowest BCUT2D eigenvalue weighted by molar-refractivity contribution is -0.151. The van der Waals surface area contributed by atoms with E-state index in [2.05, 4.69) is 20.0 Å². The Labute approximate surface area is 159 Å². The van der Waals surface area contributed by atoms with E-state index >= 15 is 0 Å². The average molecular weight is 404 g/mol. The molecule has 0 unspecified atom stereocenters. The van der Waals surface area contributed by atoms with Crippen molar-refractivity contribution >= 4 is 17.9 Å². The van der Waals surface area contributed by atoms with Crippen molar-refractivity contribution in [3.05, 3.63) is 5.82 Å². The summed E-state index contributed by atoms with van der Waals surface area (Å²) in [6, 6.07) is -2.55. The third kappa shape index (κ3) is 3.30. The minimum Gasteiger partial charge on any atom is -0.480 e. The first-order valence-corrected chi connectivity index (χ1v) is 8.86. The lowest BCUT2D eigenvalue weighted by atomic mass is 9.85. The van der Waals surface area contributed by atoms with E-state index in [4.69, 9.17) is 0 Å². The molecule has 0 spiro atoms. The van der Waals surface area contributed by atoms with Crippen molar-refractivity contribution in [1.82, 2.24) is 15.0 Å². The molecule has 1 aromatic rings. The van der Waals surface area contributed by atoms with E-state index in [1.807, 2.05) is 13.8 Å². The van der Waals surface area contributed by atoms with Crippen LogP contribution in [0.4, 0.5) is 19.2 Å². The summed E-state index contributed by atoms with van der Waals surface area (Å²) >= 11 is 0. The number of carbonyl (C=O) groups is 2. The van der Waals surface area contributed by atoms with Crippen LogP contribution in [0.5, 0.6) is 0 Å². The van der Waals surface area contributed by atoms with Crippen LogP contribution < -0.4 is 5.32 Å². The quantitative estimate of drug-likeness (QED) is 0.794. The fraction of sp³-hybridized carbons (Fsp3) is 0.765. The monoisotopic (exact) mass is 404 g/mol. The maximum atomic E-state index is 13.2. The largest absolute Gasteiger partial charge is 0.480 e. The Balaban J connectivity index is 1.84. The van der Waals surface area contributed by atoms with Gasteiger partial charge in [0.25, 0.3) is 5.82 Å². The summed E-state index contributed by atoms with van der Waals surface area (Å²) in [6.07, 6.45) is -4.78. The summed E-state index contributed by atoms with van der Waals surface area (Å²) in [5.41, 5.74) is -0.909. The molecule has 0 bridgehead atoms. The molecule has 4 atom stereocenters. The van der Waals surface area contributed by atoms with Gasteiger partial charge in [0.05, 0.1) is 0 Å². The molecule has 28 heavy (non-hydrogen) atoms. The van der Waals surface area contributed by atoms with Crippen LogP contribution in [-0.4, -0.2) is 50.7 Å². The fourth-order valence-corrected chi connectivity index (χ4v) is 4.13. The number of hydrogen-bond donors (Lipinski definition) is 2. The molecule has 1 aromatic heterocycles. The van der Waals surface area contributed by atoms with E-state index in [1.54, 1.807) is 20.8 Å². The number of halogens is 3. The summed E-state index contributed by atoms with van der Waals surface area (Å²) in [5.74, 6) is -3.12. The van der Waals surface area contributed by atoms with Crippen LogP contribution in [0.1, 0.15) is 40.4 Å². The normalized spacial score (nSPS) is 27.3. The Kier molecular flexibility index (Phi) is 4.43. The highest BCUT2D eigenvalue weighted by Gasteiger charge is 2.70. The molecule has 156 valence electrons. The third-order valence-electron chi connectivity index (χ3n) is 5.80. The van der Waals surface area contributed by atoms with Crippen molar-refractivity contribution in [2.45, 2.75) is 52.9 Å². The number of fused-ring (bicyclic) bond motifs is 1. The number of hydrogen-bond acceptors (Lipinski definition) is 6. The number of amides is 1. The first-order valence-electron chi connectivity index (χ1n) is 8.86. The number of carbonyl (C=O) groups excluding carboxylic acids is 1. The van der Waals surface area contributed by atoms with E-state index < -0.39 is 47.4 Å². The Bertz CT molecular complexity index is 799. The van der Waals surface area contributed by atoms with E-state index in [9.17, 15) is 27.9 Å². The van der Waals surface area contributed by atoms with Crippen LogP contribution in [0.15, 0.2) is 4.52 Å². The predicted octanol–water partition coefficient (Wildman–Crippen LogP) is 2.48. The van der Waals surface area contributed by atoms with Gasteiger partial charge in [-0.15, -0.1) is 0 Å². The van der Waals surface area contributed by atoms with Gasteiger partial charge >= 0.3 is 18.2 Å². The molecular formula is C17H23F3N4O4. The molecule has 2 heterocycles. The number of carboxylic acids is 1. The number of nitrogens with zero attached hydrogens (tertiary/aromatic N) is 3. The first-order chi connectivity index (χ1) is 12.7. The smallest absolute Gasteiger partial charge is 0.455 e.